The third-order valence-corrected chi connectivity index (χ3v) is 6.87. The van der Waals surface area contributed by atoms with E-state index < -0.39 is 6.04 Å². The Labute approximate surface area is 189 Å². The number of rotatable bonds is 4. The number of nitrogens with zero attached hydrogens (tertiary/aromatic N) is 5. The fourth-order valence-electron chi connectivity index (χ4n) is 4.46. The molecule has 0 saturated carbocycles. The summed E-state index contributed by atoms with van der Waals surface area (Å²) in [5.41, 5.74) is 5.05. The van der Waals surface area contributed by atoms with Gasteiger partial charge in [0.2, 0.25) is 5.91 Å². The zero-order chi connectivity index (χ0) is 22.4. The van der Waals surface area contributed by atoms with Gasteiger partial charge < -0.3 is 5.32 Å². The van der Waals surface area contributed by atoms with Crippen molar-refractivity contribution in [2.24, 2.45) is 0 Å². The summed E-state index contributed by atoms with van der Waals surface area (Å²) in [6, 6.07) is 11.0. The summed E-state index contributed by atoms with van der Waals surface area (Å²) < 4.78 is 3.50. The number of nitrogens with one attached hydrogen (secondary N) is 1. The lowest BCUT2D eigenvalue weighted by molar-refractivity contribution is -0.129. The zero-order valence-electron chi connectivity index (χ0n) is 18.2. The summed E-state index contributed by atoms with van der Waals surface area (Å²) in [5, 5.41) is 9.65. The molecule has 0 radical (unpaired) electrons. The van der Waals surface area contributed by atoms with Crippen molar-refractivity contribution in [2.45, 2.75) is 33.4 Å². The third-order valence-electron chi connectivity index (χ3n) is 5.93. The number of piperazine rings is 1. The van der Waals surface area contributed by atoms with Crippen LogP contribution in [0.25, 0.3) is 10.6 Å². The molecule has 32 heavy (non-hydrogen) atoms. The Bertz CT molecular complexity index is 1370. The molecule has 1 aromatic carbocycles. The summed E-state index contributed by atoms with van der Waals surface area (Å²) in [7, 11) is 0. The SMILES string of the molecule is Cc1nn(-c2ccccc2)c(C)c1[C@H]1C(=O)NCCN1Cc1cc(=O)n2c(C)csc2n1. The van der Waals surface area contributed by atoms with Crippen molar-refractivity contribution in [3.63, 3.8) is 0 Å². The lowest BCUT2D eigenvalue weighted by Gasteiger charge is -2.35. The predicted molar refractivity (Wildman–Crippen MR) is 123 cm³/mol. The van der Waals surface area contributed by atoms with Crippen LogP contribution >= 0.6 is 11.3 Å². The lowest BCUT2D eigenvalue weighted by atomic mass is 10.00. The molecule has 0 aliphatic carbocycles. The highest BCUT2D eigenvalue weighted by Crippen LogP contribution is 2.31. The summed E-state index contributed by atoms with van der Waals surface area (Å²) in [6.45, 7) is 7.46. The van der Waals surface area contributed by atoms with Gasteiger partial charge in [0.15, 0.2) is 4.96 Å². The molecule has 1 saturated heterocycles. The van der Waals surface area contributed by atoms with E-state index in [1.54, 1.807) is 10.5 Å². The molecule has 1 aliphatic rings. The van der Waals surface area contributed by atoms with Gasteiger partial charge in [0.1, 0.15) is 6.04 Å². The highest BCUT2D eigenvalue weighted by Gasteiger charge is 2.35. The standard InChI is InChI=1S/C23H24N6O2S/c1-14-13-32-23-25-17(11-19(30)28(14)23)12-27-10-9-24-22(31)21(27)20-15(2)26-29(16(20)3)18-7-5-4-6-8-18/h4-8,11,13,21H,9-10,12H2,1-3H3,(H,24,31)/t21-/m0/s1. The molecule has 3 aromatic heterocycles. The fraction of sp³-hybridized carbons (Fsp3) is 0.304. The van der Waals surface area contributed by atoms with Gasteiger partial charge in [0.05, 0.1) is 17.1 Å². The van der Waals surface area contributed by atoms with Gasteiger partial charge in [-0.25, -0.2) is 9.67 Å². The summed E-state index contributed by atoms with van der Waals surface area (Å²) in [5.74, 6) is -0.0557. The summed E-state index contributed by atoms with van der Waals surface area (Å²) >= 11 is 1.45. The topological polar surface area (TPSA) is 84.5 Å². The number of thiazole rings is 1. The third kappa shape index (κ3) is 3.43. The van der Waals surface area contributed by atoms with Crippen molar-refractivity contribution in [1.29, 1.82) is 0 Å². The Morgan fingerprint density at radius 1 is 1.16 bits per heavy atom. The minimum absolute atomic E-state index is 0.0557. The Balaban J connectivity index is 1.54. The number of hydrogen-bond acceptors (Lipinski definition) is 6. The van der Waals surface area contributed by atoms with Crippen molar-refractivity contribution in [1.82, 2.24) is 29.4 Å². The van der Waals surface area contributed by atoms with Crippen LogP contribution in [0, 0.1) is 20.8 Å². The quantitative estimate of drug-likeness (QED) is 0.519. The fourth-order valence-corrected chi connectivity index (χ4v) is 5.35. The monoisotopic (exact) mass is 448 g/mol. The van der Waals surface area contributed by atoms with Crippen LogP contribution < -0.4 is 10.9 Å². The van der Waals surface area contributed by atoms with Gasteiger partial charge >= 0.3 is 0 Å². The van der Waals surface area contributed by atoms with E-state index in [1.807, 2.05) is 61.2 Å². The molecular formula is C23H24N6O2S. The second-order valence-corrected chi connectivity index (χ2v) is 8.91. The smallest absolute Gasteiger partial charge is 0.259 e. The van der Waals surface area contributed by atoms with E-state index in [4.69, 9.17) is 5.10 Å². The number of carbonyl (C=O) groups is 1. The number of amides is 1. The number of aromatic nitrogens is 4. The van der Waals surface area contributed by atoms with Crippen molar-refractivity contribution < 1.29 is 4.79 Å². The van der Waals surface area contributed by atoms with E-state index in [1.165, 1.54) is 11.3 Å². The van der Waals surface area contributed by atoms with Gasteiger partial charge in [-0.05, 0) is 32.9 Å². The molecule has 1 fully saturated rings. The van der Waals surface area contributed by atoms with Crippen molar-refractivity contribution in [2.75, 3.05) is 13.1 Å². The van der Waals surface area contributed by atoms with E-state index in [0.29, 0.717) is 30.3 Å². The van der Waals surface area contributed by atoms with Crippen molar-refractivity contribution >= 4 is 22.2 Å². The molecule has 1 amide bonds. The maximum absolute atomic E-state index is 13.1. The molecule has 0 unspecified atom stereocenters. The van der Waals surface area contributed by atoms with Crippen LogP contribution in [-0.2, 0) is 11.3 Å². The number of hydrogen-bond donors (Lipinski definition) is 1. The lowest BCUT2D eigenvalue weighted by Crippen LogP contribution is -2.50. The first-order valence-electron chi connectivity index (χ1n) is 10.5. The van der Waals surface area contributed by atoms with Gasteiger partial charge in [-0.3, -0.25) is 18.9 Å². The number of aryl methyl sites for hydroxylation is 2. The first kappa shape index (κ1) is 20.6. The normalized spacial score (nSPS) is 17.1. The average Bonchev–Trinajstić information content (AvgIpc) is 3.29. The minimum atomic E-state index is -0.494. The highest BCUT2D eigenvalue weighted by atomic mass is 32.1. The van der Waals surface area contributed by atoms with Crippen LogP contribution in [0.3, 0.4) is 0 Å². The Morgan fingerprint density at radius 2 is 1.94 bits per heavy atom. The summed E-state index contributed by atoms with van der Waals surface area (Å²) in [4.78, 5) is 33.1. The number of carbonyl (C=O) groups excluding carboxylic acids is 1. The van der Waals surface area contributed by atoms with Gasteiger partial charge in [-0.2, -0.15) is 5.10 Å². The number of benzene rings is 1. The largest absolute Gasteiger partial charge is 0.353 e. The Kier molecular flexibility index (Phi) is 5.15. The molecule has 4 heterocycles. The summed E-state index contributed by atoms with van der Waals surface area (Å²) in [6.07, 6.45) is 0. The number of para-hydroxylation sites is 1. The molecule has 1 aliphatic heterocycles. The van der Waals surface area contributed by atoms with Crippen LogP contribution in [0.15, 0.2) is 46.6 Å². The second-order valence-electron chi connectivity index (χ2n) is 8.08. The van der Waals surface area contributed by atoms with E-state index in [0.717, 1.165) is 28.3 Å². The number of fused-ring (bicyclic) bond motifs is 1. The van der Waals surface area contributed by atoms with Crippen molar-refractivity contribution in [3.8, 4) is 5.69 Å². The maximum atomic E-state index is 13.1. The molecule has 8 nitrogen and oxygen atoms in total. The van der Waals surface area contributed by atoms with Crippen molar-refractivity contribution in [3.05, 3.63) is 80.5 Å². The molecule has 164 valence electrons. The first-order valence-corrected chi connectivity index (χ1v) is 11.4. The van der Waals surface area contributed by atoms with E-state index in [9.17, 15) is 9.59 Å². The zero-order valence-corrected chi connectivity index (χ0v) is 19.0. The minimum Gasteiger partial charge on any atom is -0.353 e. The maximum Gasteiger partial charge on any atom is 0.259 e. The highest BCUT2D eigenvalue weighted by molar-refractivity contribution is 7.15. The van der Waals surface area contributed by atoms with Crippen LogP contribution in [0.5, 0.6) is 0 Å². The van der Waals surface area contributed by atoms with Crippen LogP contribution in [0.1, 0.15) is 34.4 Å². The van der Waals surface area contributed by atoms with E-state index >= 15 is 0 Å². The Morgan fingerprint density at radius 3 is 2.72 bits per heavy atom. The van der Waals surface area contributed by atoms with Gasteiger partial charge in [-0.15, -0.1) is 11.3 Å². The molecule has 1 N–H and O–H groups in total. The molecule has 5 rings (SSSR count). The van der Waals surface area contributed by atoms with Crippen LogP contribution in [0.4, 0.5) is 0 Å². The Hall–Kier alpha value is -3.30. The van der Waals surface area contributed by atoms with Gasteiger partial charge in [0.25, 0.3) is 5.56 Å². The predicted octanol–water partition coefficient (Wildman–Crippen LogP) is 2.54. The van der Waals surface area contributed by atoms with Gasteiger partial charge in [0, 0.05) is 48.0 Å². The average molecular weight is 449 g/mol. The van der Waals surface area contributed by atoms with Crippen LogP contribution in [-0.4, -0.2) is 43.1 Å². The van der Waals surface area contributed by atoms with E-state index in [2.05, 4.69) is 15.2 Å². The molecule has 9 heteroatoms. The molecule has 0 spiro atoms. The van der Waals surface area contributed by atoms with E-state index in [-0.39, 0.29) is 11.5 Å². The first-order chi connectivity index (χ1) is 15.4. The molecular weight excluding hydrogens is 424 g/mol. The van der Waals surface area contributed by atoms with Crippen LogP contribution in [0.2, 0.25) is 0 Å². The molecule has 0 bridgehead atoms. The molecule has 1 atom stereocenters. The molecule has 4 aromatic rings. The van der Waals surface area contributed by atoms with Gasteiger partial charge in [-0.1, -0.05) is 18.2 Å². The second kappa shape index (κ2) is 7.99.